The molecule has 30 heavy (non-hydrogen) atoms. The molecule has 3 aromatic carbocycles. The van der Waals surface area contributed by atoms with Gasteiger partial charge in [-0.1, -0.05) is 56.3 Å². The summed E-state index contributed by atoms with van der Waals surface area (Å²) in [5.74, 6) is 0.428. The van der Waals surface area contributed by atoms with Crippen LogP contribution in [0.15, 0.2) is 85.1 Å². The van der Waals surface area contributed by atoms with Crippen molar-refractivity contribution in [3.63, 3.8) is 0 Å². The minimum Gasteiger partial charge on any atom is -0.290 e. The SMILES string of the molecule is CC(C)c1cc(-c2nccc3nc4ccc5ccccc5n4c23)cc2ccccc12. The molecular formula is C27H21N3. The van der Waals surface area contributed by atoms with Gasteiger partial charge in [0, 0.05) is 11.8 Å². The Kier molecular flexibility index (Phi) is 3.66. The van der Waals surface area contributed by atoms with E-state index in [0.717, 1.165) is 33.5 Å². The Hall–Kier alpha value is -3.72. The summed E-state index contributed by atoms with van der Waals surface area (Å²) >= 11 is 0. The van der Waals surface area contributed by atoms with E-state index in [1.54, 1.807) is 0 Å². The third-order valence-corrected chi connectivity index (χ3v) is 5.97. The molecule has 0 aliphatic carbocycles. The fourth-order valence-electron chi connectivity index (χ4n) is 4.56. The molecule has 0 atom stereocenters. The number of nitrogens with zero attached hydrogens (tertiary/aromatic N) is 3. The molecule has 0 saturated carbocycles. The quantitative estimate of drug-likeness (QED) is 0.321. The van der Waals surface area contributed by atoms with Crippen LogP contribution in [-0.2, 0) is 0 Å². The molecule has 3 heteroatoms. The number of imidazole rings is 1. The van der Waals surface area contributed by atoms with Crippen LogP contribution in [0.3, 0.4) is 0 Å². The van der Waals surface area contributed by atoms with E-state index >= 15 is 0 Å². The largest absolute Gasteiger partial charge is 0.290 e. The molecule has 0 N–H and O–H groups in total. The van der Waals surface area contributed by atoms with Crippen LogP contribution in [0.2, 0.25) is 0 Å². The van der Waals surface area contributed by atoms with Gasteiger partial charge in [-0.3, -0.25) is 9.38 Å². The maximum atomic E-state index is 4.89. The van der Waals surface area contributed by atoms with Crippen molar-refractivity contribution >= 4 is 38.4 Å². The highest BCUT2D eigenvalue weighted by Gasteiger charge is 2.16. The molecule has 0 aliphatic rings. The molecule has 0 amide bonds. The lowest BCUT2D eigenvalue weighted by Crippen LogP contribution is -1.95. The molecule has 3 nitrogen and oxygen atoms in total. The van der Waals surface area contributed by atoms with Crippen molar-refractivity contribution in [1.29, 1.82) is 0 Å². The number of fused-ring (bicyclic) bond motifs is 6. The van der Waals surface area contributed by atoms with Crippen LogP contribution < -0.4 is 0 Å². The second kappa shape index (κ2) is 6.39. The number of pyridine rings is 2. The first-order chi connectivity index (χ1) is 14.7. The van der Waals surface area contributed by atoms with Gasteiger partial charge in [0.05, 0.1) is 22.2 Å². The number of hydrogen-bond donors (Lipinski definition) is 0. The van der Waals surface area contributed by atoms with Crippen LogP contribution in [0, 0.1) is 0 Å². The van der Waals surface area contributed by atoms with Gasteiger partial charge in [-0.05, 0) is 64.0 Å². The van der Waals surface area contributed by atoms with E-state index in [4.69, 9.17) is 9.97 Å². The molecule has 0 radical (unpaired) electrons. The highest BCUT2D eigenvalue weighted by Crippen LogP contribution is 2.35. The second-order valence-corrected chi connectivity index (χ2v) is 8.17. The molecule has 0 unspecified atom stereocenters. The summed E-state index contributed by atoms with van der Waals surface area (Å²) in [4.78, 5) is 9.75. The number of para-hydroxylation sites is 1. The van der Waals surface area contributed by atoms with E-state index in [1.165, 1.54) is 21.7 Å². The van der Waals surface area contributed by atoms with Crippen LogP contribution in [0.5, 0.6) is 0 Å². The van der Waals surface area contributed by atoms with E-state index in [2.05, 4.69) is 91.0 Å². The molecular weight excluding hydrogens is 366 g/mol. The molecule has 3 heterocycles. The number of rotatable bonds is 2. The van der Waals surface area contributed by atoms with Crippen LogP contribution >= 0.6 is 0 Å². The minimum atomic E-state index is 0.428. The first kappa shape index (κ1) is 17.2. The Morgan fingerprint density at radius 2 is 1.60 bits per heavy atom. The average Bonchev–Trinajstić information content (AvgIpc) is 3.17. The summed E-state index contributed by atoms with van der Waals surface area (Å²) in [5, 5.41) is 3.75. The van der Waals surface area contributed by atoms with E-state index < -0.39 is 0 Å². The third-order valence-electron chi connectivity index (χ3n) is 5.97. The highest BCUT2D eigenvalue weighted by atomic mass is 15.0. The van der Waals surface area contributed by atoms with E-state index in [9.17, 15) is 0 Å². The monoisotopic (exact) mass is 387 g/mol. The lowest BCUT2D eigenvalue weighted by molar-refractivity contribution is 0.876. The minimum absolute atomic E-state index is 0.428. The molecule has 0 spiro atoms. The number of benzene rings is 3. The lowest BCUT2D eigenvalue weighted by Gasteiger charge is -2.14. The van der Waals surface area contributed by atoms with Gasteiger partial charge in [0.1, 0.15) is 5.65 Å². The number of aromatic nitrogens is 3. The molecule has 3 aromatic heterocycles. The zero-order valence-electron chi connectivity index (χ0n) is 17.0. The van der Waals surface area contributed by atoms with Crippen molar-refractivity contribution in [2.45, 2.75) is 19.8 Å². The Balaban J connectivity index is 1.76. The zero-order chi connectivity index (χ0) is 20.2. The van der Waals surface area contributed by atoms with Gasteiger partial charge in [0.2, 0.25) is 0 Å². The first-order valence-electron chi connectivity index (χ1n) is 10.4. The summed E-state index contributed by atoms with van der Waals surface area (Å²) in [7, 11) is 0. The van der Waals surface area contributed by atoms with Crippen molar-refractivity contribution in [2.75, 3.05) is 0 Å². The highest BCUT2D eigenvalue weighted by molar-refractivity contribution is 5.99. The maximum Gasteiger partial charge on any atom is 0.138 e. The average molecular weight is 387 g/mol. The summed E-state index contributed by atoms with van der Waals surface area (Å²) in [5.41, 5.74) is 7.59. The van der Waals surface area contributed by atoms with Crippen molar-refractivity contribution in [3.05, 3.63) is 90.6 Å². The van der Waals surface area contributed by atoms with Crippen LogP contribution in [0.4, 0.5) is 0 Å². The molecule has 0 bridgehead atoms. The van der Waals surface area contributed by atoms with Gasteiger partial charge in [-0.15, -0.1) is 0 Å². The molecule has 0 aliphatic heterocycles. The zero-order valence-corrected chi connectivity index (χ0v) is 17.0. The third kappa shape index (κ3) is 2.45. The van der Waals surface area contributed by atoms with Gasteiger partial charge >= 0.3 is 0 Å². The van der Waals surface area contributed by atoms with Gasteiger partial charge in [-0.2, -0.15) is 0 Å². The summed E-state index contributed by atoms with van der Waals surface area (Å²) in [6.45, 7) is 4.50. The predicted octanol–water partition coefficient (Wildman–Crippen LogP) is 6.98. The van der Waals surface area contributed by atoms with E-state index in [1.807, 2.05) is 12.3 Å². The fourth-order valence-corrected chi connectivity index (χ4v) is 4.56. The van der Waals surface area contributed by atoms with E-state index in [0.29, 0.717) is 5.92 Å². The lowest BCUT2D eigenvalue weighted by atomic mass is 9.92. The second-order valence-electron chi connectivity index (χ2n) is 8.17. The number of hydrogen-bond acceptors (Lipinski definition) is 2. The molecule has 144 valence electrons. The van der Waals surface area contributed by atoms with E-state index in [-0.39, 0.29) is 0 Å². The maximum absolute atomic E-state index is 4.89. The summed E-state index contributed by atoms with van der Waals surface area (Å²) in [6.07, 6.45) is 1.87. The molecule has 6 rings (SSSR count). The Morgan fingerprint density at radius 1 is 0.800 bits per heavy atom. The predicted molar refractivity (Wildman–Crippen MR) is 125 cm³/mol. The van der Waals surface area contributed by atoms with Crippen molar-refractivity contribution in [1.82, 2.24) is 14.4 Å². The van der Waals surface area contributed by atoms with Gasteiger partial charge in [-0.25, -0.2) is 4.98 Å². The standard InChI is InChI=1S/C27H21N3/c1-17(2)22-16-20(15-19-8-3-5-9-21(19)22)26-27-23(13-14-28-26)29-25-12-11-18-7-4-6-10-24(18)30(25)27/h3-17H,1-2H3. The first-order valence-corrected chi connectivity index (χ1v) is 10.4. The molecule has 0 saturated heterocycles. The Bertz CT molecular complexity index is 1570. The fraction of sp³-hybridized carbons (Fsp3) is 0.111. The van der Waals surface area contributed by atoms with Crippen molar-refractivity contribution in [2.24, 2.45) is 0 Å². The van der Waals surface area contributed by atoms with Crippen molar-refractivity contribution < 1.29 is 0 Å². The van der Waals surface area contributed by atoms with Gasteiger partial charge < -0.3 is 0 Å². The summed E-state index contributed by atoms with van der Waals surface area (Å²) < 4.78 is 2.25. The van der Waals surface area contributed by atoms with Crippen LogP contribution in [-0.4, -0.2) is 14.4 Å². The van der Waals surface area contributed by atoms with Crippen molar-refractivity contribution in [3.8, 4) is 11.3 Å². The Morgan fingerprint density at radius 3 is 2.47 bits per heavy atom. The topological polar surface area (TPSA) is 30.2 Å². The van der Waals surface area contributed by atoms with Gasteiger partial charge in [0.15, 0.2) is 0 Å². The Labute approximate surface area is 174 Å². The summed E-state index contributed by atoms with van der Waals surface area (Å²) in [6, 6.07) is 27.9. The normalized spacial score (nSPS) is 12.0. The smallest absolute Gasteiger partial charge is 0.138 e. The van der Waals surface area contributed by atoms with Crippen LogP contribution in [0.1, 0.15) is 25.3 Å². The molecule has 0 fully saturated rings. The van der Waals surface area contributed by atoms with Gasteiger partial charge in [0.25, 0.3) is 0 Å². The molecule has 6 aromatic rings. The van der Waals surface area contributed by atoms with Crippen LogP contribution in [0.25, 0.3) is 49.6 Å².